The minimum Gasteiger partial charge on any atom is -0.497 e. The molecule has 0 spiro atoms. The maximum Gasteiger partial charge on any atom is 0.257 e. The van der Waals surface area contributed by atoms with E-state index < -0.39 is 6.10 Å². The van der Waals surface area contributed by atoms with Gasteiger partial charge in [-0.2, -0.15) is 0 Å². The Balaban J connectivity index is 1.39. The van der Waals surface area contributed by atoms with Crippen LogP contribution in [0.1, 0.15) is 35.4 Å². The van der Waals surface area contributed by atoms with Gasteiger partial charge in [-0.15, -0.1) is 5.10 Å². The van der Waals surface area contributed by atoms with Gasteiger partial charge in [0.2, 0.25) is 11.8 Å². The van der Waals surface area contributed by atoms with E-state index in [2.05, 4.69) is 20.9 Å². The number of aromatic nitrogens is 3. The first kappa shape index (κ1) is 40.5. The van der Waals surface area contributed by atoms with E-state index in [1.165, 1.54) is 0 Å². The molecule has 0 saturated heterocycles. The Labute approximate surface area is 311 Å². The largest absolute Gasteiger partial charge is 0.497 e. The van der Waals surface area contributed by atoms with Gasteiger partial charge < -0.3 is 34.5 Å². The normalized spacial score (nSPS) is 12.2. The summed E-state index contributed by atoms with van der Waals surface area (Å²) < 4.78 is 24.0. The highest BCUT2D eigenvalue weighted by Crippen LogP contribution is 2.26. The summed E-state index contributed by atoms with van der Waals surface area (Å²) in [4.78, 5) is 42.1. The molecule has 1 heterocycles. The van der Waals surface area contributed by atoms with Crippen molar-refractivity contribution in [2.24, 2.45) is 0 Å². The standard InChI is InChI=1S/C39H51N7O7/c1-29(39(32-9-7-6-8-10-32)53-27-33-24-46(43-42-33)21-22-50-4)44(3)38(49)26-45(23-31-13-15-34(51-5)16-14-31)25-36(47)41-20-19-30-11-17-35(18-12-30)52-28-37(48)40-2/h6-18,24,29,39H,19-23,25-28H2,1-5H3,(H,40,48)(H,41,47)/t29-,39-/m0/s1. The summed E-state index contributed by atoms with van der Waals surface area (Å²) in [6, 6.07) is 24.4. The van der Waals surface area contributed by atoms with Crippen LogP contribution in [0.15, 0.2) is 85.1 Å². The summed E-state index contributed by atoms with van der Waals surface area (Å²) in [6.45, 7) is 4.01. The Morgan fingerprint density at radius 2 is 1.58 bits per heavy atom. The minimum atomic E-state index is -0.455. The first-order chi connectivity index (χ1) is 25.7. The lowest BCUT2D eigenvalue weighted by molar-refractivity contribution is -0.137. The third kappa shape index (κ3) is 13.3. The van der Waals surface area contributed by atoms with Crippen LogP contribution in [-0.4, -0.2) is 110 Å². The average molecular weight is 730 g/mol. The maximum absolute atomic E-state index is 13.9. The second-order valence-electron chi connectivity index (χ2n) is 12.6. The Hall–Kier alpha value is -5.31. The second-order valence-corrected chi connectivity index (χ2v) is 12.6. The molecular weight excluding hydrogens is 678 g/mol. The van der Waals surface area contributed by atoms with Crippen LogP contribution in [0, 0.1) is 0 Å². The molecule has 0 bridgehead atoms. The topological polar surface area (TPSA) is 149 Å². The first-order valence-electron chi connectivity index (χ1n) is 17.5. The molecule has 0 aliphatic rings. The van der Waals surface area contributed by atoms with Crippen LogP contribution in [-0.2, 0) is 50.0 Å². The van der Waals surface area contributed by atoms with Gasteiger partial charge in [-0.25, -0.2) is 4.68 Å². The molecule has 0 unspecified atom stereocenters. The number of nitrogens with zero attached hydrogens (tertiary/aromatic N) is 5. The molecule has 4 rings (SSSR count). The fourth-order valence-corrected chi connectivity index (χ4v) is 5.50. The number of carbonyl (C=O) groups excluding carboxylic acids is 3. The summed E-state index contributed by atoms with van der Waals surface area (Å²) in [5, 5.41) is 13.9. The first-order valence-corrected chi connectivity index (χ1v) is 17.5. The molecule has 0 aliphatic heterocycles. The van der Waals surface area contributed by atoms with Crippen molar-refractivity contribution in [1.29, 1.82) is 0 Å². The van der Waals surface area contributed by atoms with Crippen molar-refractivity contribution in [3.63, 3.8) is 0 Å². The molecule has 2 N–H and O–H groups in total. The van der Waals surface area contributed by atoms with Gasteiger partial charge in [0.05, 0.1) is 52.2 Å². The monoisotopic (exact) mass is 729 g/mol. The number of hydrogen-bond donors (Lipinski definition) is 2. The number of hydrogen-bond acceptors (Lipinski definition) is 10. The molecule has 3 amide bonds. The molecule has 3 aromatic carbocycles. The number of methoxy groups -OCH3 is 2. The molecule has 2 atom stereocenters. The average Bonchev–Trinajstić information content (AvgIpc) is 3.64. The Morgan fingerprint density at radius 1 is 0.887 bits per heavy atom. The highest BCUT2D eigenvalue weighted by atomic mass is 16.5. The van der Waals surface area contributed by atoms with Crippen LogP contribution < -0.4 is 20.1 Å². The number of rotatable bonds is 22. The minimum absolute atomic E-state index is 0.00708. The predicted octanol–water partition coefficient (Wildman–Crippen LogP) is 3.02. The number of amides is 3. The SMILES string of the molecule is CNC(=O)COc1ccc(CCNC(=O)CN(CC(=O)N(C)[C@@H](C)[C@H](OCc2cn(CCOC)nn2)c2ccccc2)Cc2ccc(OC)cc2)cc1. The zero-order valence-corrected chi connectivity index (χ0v) is 31.2. The lowest BCUT2D eigenvalue weighted by Crippen LogP contribution is -2.47. The smallest absolute Gasteiger partial charge is 0.257 e. The summed E-state index contributed by atoms with van der Waals surface area (Å²) in [7, 11) is 6.56. The van der Waals surface area contributed by atoms with Crippen molar-refractivity contribution in [2.75, 3.05) is 61.2 Å². The summed E-state index contributed by atoms with van der Waals surface area (Å²) in [6.07, 6.45) is 1.97. The van der Waals surface area contributed by atoms with Gasteiger partial charge in [0.15, 0.2) is 6.61 Å². The van der Waals surface area contributed by atoms with E-state index in [4.69, 9.17) is 18.9 Å². The van der Waals surface area contributed by atoms with E-state index in [1.807, 2.05) is 84.8 Å². The fraction of sp³-hybridized carbons (Fsp3) is 0.410. The van der Waals surface area contributed by atoms with Crippen molar-refractivity contribution >= 4 is 17.7 Å². The second kappa shape index (κ2) is 21.3. The molecule has 14 heteroatoms. The van der Waals surface area contributed by atoms with Gasteiger partial charge in [0, 0.05) is 34.3 Å². The highest BCUT2D eigenvalue weighted by molar-refractivity contribution is 5.81. The zero-order valence-electron chi connectivity index (χ0n) is 31.2. The van der Waals surface area contributed by atoms with Crippen molar-refractivity contribution in [3.05, 3.63) is 107 Å². The van der Waals surface area contributed by atoms with Gasteiger partial charge >= 0.3 is 0 Å². The number of ether oxygens (including phenoxy) is 4. The van der Waals surface area contributed by atoms with E-state index in [1.54, 1.807) is 50.0 Å². The van der Waals surface area contributed by atoms with Crippen molar-refractivity contribution < 1.29 is 33.3 Å². The molecule has 0 fully saturated rings. The fourth-order valence-electron chi connectivity index (χ4n) is 5.50. The molecular formula is C39H51N7O7. The summed E-state index contributed by atoms with van der Waals surface area (Å²) in [5.41, 5.74) is 3.53. The van der Waals surface area contributed by atoms with Crippen LogP contribution in [0.25, 0.3) is 0 Å². The maximum atomic E-state index is 13.9. The Kier molecular flexibility index (Phi) is 16.2. The van der Waals surface area contributed by atoms with E-state index in [-0.39, 0.29) is 50.1 Å². The van der Waals surface area contributed by atoms with Crippen molar-refractivity contribution in [3.8, 4) is 11.5 Å². The zero-order chi connectivity index (χ0) is 38.0. The summed E-state index contributed by atoms with van der Waals surface area (Å²) in [5.74, 6) is 0.740. The number of carbonyl (C=O) groups is 3. The van der Waals surface area contributed by atoms with Gasteiger partial charge in [-0.3, -0.25) is 19.3 Å². The van der Waals surface area contributed by atoms with Crippen LogP contribution in [0.4, 0.5) is 0 Å². The predicted molar refractivity (Wildman–Crippen MR) is 199 cm³/mol. The Bertz CT molecular complexity index is 1700. The molecule has 4 aromatic rings. The molecule has 53 heavy (non-hydrogen) atoms. The van der Waals surface area contributed by atoms with Gasteiger partial charge in [0.1, 0.15) is 23.3 Å². The van der Waals surface area contributed by atoms with Gasteiger partial charge in [-0.1, -0.05) is 59.8 Å². The lowest BCUT2D eigenvalue weighted by atomic mass is 10.0. The third-order valence-corrected chi connectivity index (χ3v) is 8.69. The van der Waals surface area contributed by atoms with E-state index in [9.17, 15) is 14.4 Å². The molecule has 14 nitrogen and oxygen atoms in total. The molecule has 284 valence electrons. The molecule has 0 aliphatic carbocycles. The van der Waals surface area contributed by atoms with Gasteiger partial charge in [-0.05, 0) is 54.3 Å². The van der Waals surface area contributed by atoms with Crippen LogP contribution in [0.3, 0.4) is 0 Å². The molecule has 0 saturated carbocycles. The van der Waals surface area contributed by atoms with E-state index in [0.29, 0.717) is 44.1 Å². The molecule has 0 radical (unpaired) electrons. The van der Waals surface area contributed by atoms with Crippen LogP contribution >= 0.6 is 0 Å². The number of nitrogens with one attached hydrogen (secondary N) is 2. The van der Waals surface area contributed by atoms with Crippen LogP contribution in [0.2, 0.25) is 0 Å². The van der Waals surface area contributed by atoms with Crippen molar-refractivity contribution in [1.82, 2.24) is 35.4 Å². The number of likely N-dealkylation sites (N-methyl/N-ethyl adjacent to an activating group) is 2. The number of benzene rings is 3. The highest BCUT2D eigenvalue weighted by Gasteiger charge is 2.28. The third-order valence-electron chi connectivity index (χ3n) is 8.69. The Morgan fingerprint density at radius 3 is 2.26 bits per heavy atom. The van der Waals surface area contributed by atoms with Crippen molar-refractivity contribution in [2.45, 2.75) is 45.2 Å². The van der Waals surface area contributed by atoms with Gasteiger partial charge in [0.25, 0.3) is 5.91 Å². The van der Waals surface area contributed by atoms with Crippen LogP contribution in [0.5, 0.6) is 11.5 Å². The quantitative estimate of drug-likeness (QED) is 0.124. The van der Waals surface area contributed by atoms with E-state index in [0.717, 1.165) is 22.4 Å². The lowest BCUT2D eigenvalue weighted by Gasteiger charge is -2.33. The van der Waals surface area contributed by atoms with E-state index >= 15 is 0 Å². The molecule has 1 aromatic heterocycles. The summed E-state index contributed by atoms with van der Waals surface area (Å²) >= 11 is 0.